The lowest BCUT2D eigenvalue weighted by Gasteiger charge is -2.17. The summed E-state index contributed by atoms with van der Waals surface area (Å²) in [5.74, 6) is -0.783. The first kappa shape index (κ1) is 32.2. The third kappa shape index (κ3) is 7.45. The van der Waals surface area contributed by atoms with Crippen LogP contribution in [0.25, 0.3) is 11.1 Å². The van der Waals surface area contributed by atoms with Gasteiger partial charge < -0.3 is 18.6 Å². The number of nitrogens with zero attached hydrogens (tertiary/aromatic N) is 1. The van der Waals surface area contributed by atoms with Crippen molar-refractivity contribution < 1.29 is 36.5 Å². The highest BCUT2D eigenvalue weighted by Crippen LogP contribution is 2.34. The summed E-state index contributed by atoms with van der Waals surface area (Å²) in [6.07, 6.45) is -0.0444. The Morgan fingerprint density at radius 1 is 0.771 bits per heavy atom. The van der Waals surface area contributed by atoms with Gasteiger partial charge in [-0.1, -0.05) is 66.2 Å². The highest BCUT2D eigenvalue weighted by Gasteiger charge is 2.36. The molecule has 9 nitrogen and oxygen atoms in total. The van der Waals surface area contributed by atoms with E-state index < -0.39 is 34.4 Å². The molecule has 0 bridgehead atoms. The number of ether oxygens (including phenoxy) is 2. The van der Waals surface area contributed by atoms with Crippen molar-refractivity contribution in [1.82, 2.24) is 0 Å². The second kappa shape index (κ2) is 13.9. The molecular formula is C38H31NO8S. The minimum Gasteiger partial charge on any atom is -0.457 e. The number of Topliss-reactive ketones (excluding diaryl/α,β-unsaturated/α-hetero) is 1. The van der Waals surface area contributed by atoms with Crippen molar-refractivity contribution in [3.8, 4) is 28.4 Å². The Labute approximate surface area is 278 Å². The first-order chi connectivity index (χ1) is 23.2. The normalized spacial score (nSPS) is 14.4. The summed E-state index contributed by atoms with van der Waals surface area (Å²) in [4.78, 5) is 39.9. The molecule has 1 aliphatic heterocycles. The molecule has 48 heavy (non-hydrogen) atoms. The second-order valence-corrected chi connectivity index (χ2v) is 12.8. The van der Waals surface area contributed by atoms with E-state index in [1.807, 2.05) is 61.5 Å². The molecular weight excluding hydrogens is 630 g/mol. The van der Waals surface area contributed by atoms with Gasteiger partial charge in [-0.15, -0.1) is 0 Å². The van der Waals surface area contributed by atoms with Gasteiger partial charge in [0.05, 0.1) is 5.92 Å². The van der Waals surface area contributed by atoms with Crippen molar-refractivity contribution in [2.24, 2.45) is 5.92 Å². The lowest BCUT2D eigenvalue weighted by Crippen LogP contribution is -2.27. The molecule has 6 rings (SSSR count). The van der Waals surface area contributed by atoms with Crippen LogP contribution in [-0.2, 0) is 24.4 Å². The molecule has 1 heterocycles. The van der Waals surface area contributed by atoms with Crippen LogP contribution in [0.4, 0.5) is 5.69 Å². The van der Waals surface area contributed by atoms with E-state index in [1.54, 1.807) is 36.4 Å². The van der Waals surface area contributed by atoms with Gasteiger partial charge in [0, 0.05) is 29.8 Å². The zero-order valence-corrected chi connectivity index (χ0v) is 26.8. The van der Waals surface area contributed by atoms with Gasteiger partial charge in [-0.2, -0.15) is 8.42 Å². The first-order valence-electron chi connectivity index (χ1n) is 15.2. The number of para-hydroxylation sites is 1. The molecule has 1 aliphatic rings. The number of hydrogen-bond donors (Lipinski definition) is 0. The molecule has 5 aromatic rings. The van der Waals surface area contributed by atoms with Gasteiger partial charge in [-0.25, -0.2) is 0 Å². The number of rotatable bonds is 11. The standard InChI is InChI=1S/C38H31NO8S/c1-26-11-21-33(22-12-26)48(43,44)47-32-17-13-28(14-18-32)35(40)25-45-38(42)29-23-37(41)39(24-29)30-15-19-31(20-16-30)46-36-10-6-5-9-34(36)27-7-3-2-4-8-27/h2-22,29H,23-25H2,1H3/t29-/m1/s1. The lowest BCUT2D eigenvalue weighted by molar-refractivity contribution is -0.147. The Morgan fingerprint density at radius 3 is 2.12 bits per heavy atom. The molecule has 1 amide bonds. The SMILES string of the molecule is Cc1ccc(S(=O)(=O)Oc2ccc(C(=O)COC(=O)[C@@H]3CC(=O)N(c4ccc(Oc5ccccc5-c5ccccc5)cc4)C3)cc2)cc1. The molecule has 0 aromatic heterocycles. The van der Waals surface area contributed by atoms with Crippen molar-refractivity contribution in [3.05, 3.63) is 139 Å². The minimum absolute atomic E-state index is 0.0100. The number of hydrogen-bond acceptors (Lipinski definition) is 8. The number of benzene rings is 5. The van der Waals surface area contributed by atoms with E-state index in [0.717, 1.165) is 16.7 Å². The maximum atomic E-state index is 12.8. The Bertz CT molecular complexity index is 2040. The van der Waals surface area contributed by atoms with Crippen LogP contribution in [-0.4, -0.2) is 39.2 Å². The number of esters is 1. The van der Waals surface area contributed by atoms with Crippen molar-refractivity contribution in [3.63, 3.8) is 0 Å². The summed E-state index contributed by atoms with van der Waals surface area (Å²) < 4.78 is 41.7. The average molecular weight is 662 g/mol. The number of ketones is 1. The maximum absolute atomic E-state index is 12.8. The molecule has 1 saturated heterocycles. The van der Waals surface area contributed by atoms with Gasteiger partial charge in [-0.05, 0) is 79.2 Å². The van der Waals surface area contributed by atoms with Gasteiger partial charge in [0.2, 0.25) is 5.91 Å². The van der Waals surface area contributed by atoms with Crippen LogP contribution in [0.3, 0.4) is 0 Å². The van der Waals surface area contributed by atoms with Crippen molar-refractivity contribution in [2.45, 2.75) is 18.2 Å². The van der Waals surface area contributed by atoms with Crippen LogP contribution < -0.4 is 13.8 Å². The van der Waals surface area contributed by atoms with Gasteiger partial charge in [0.1, 0.15) is 22.1 Å². The van der Waals surface area contributed by atoms with Crippen molar-refractivity contribution >= 4 is 33.5 Å². The number of amides is 1. The second-order valence-electron chi connectivity index (χ2n) is 11.3. The summed E-state index contributed by atoms with van der Waals surface area (Å²) in [6, 6.07) is 36.4. The van der Waals surface area contributed by atoms with E-state index in [4.69, 9.17) is 13.7 Å². The van der Waals surface area contributed by atoms with E-state index in [9.17, 15) is 22.8 Å². The number of carbonyl (C=O) groups excluding carboxylic acids is 3. The summed E-state index contributed by atoms with van der Waals surface area (Å²) in [6.45, 7) is 1.43. The molecule has 5 aromatic carbocycles. The number of anilines is 1. The highest BCUT2D eigenvalue weighted by atomic mass is 32.2. The Kier molecular flexibility index (Phi) is 9.36. The lowest BCUT2D eigenvalue weighted by atomic mass is 10.0. The third-order valence-electron chi connectivity index (χ3n) is 7.84. The smallest absolute Gasteiger partial charge is 0.339 e. The van der Waals surface area contributed by atoms with Gasteiger partial charge >= 0.3 is 16.1 Å². The van der Waals surface area contributed by atoms with E-state index >= 15 is 0 Å². The Balaban J connectivity index is 1.01. The predicted molar refractivity (Wildman–Crippen MR) is 180 cm³/mol. The van der Waals surface area contributed by atoms with E-state index in [2.05, 4.69) is 0 Å². The van der Waals surface area contributed by atoms with Crippen molar-refractivity contribution in [2.75, 3.05) is 18.1 Å². The fourth-order valence-electron chi connectivity index (χ4n) is 5.26. The van der Waals surface area contributed by atoms with Crippen LogP contribution in [0.5, 0.6) is 17.2 Å². The molecule has 10 heteroatoms. The quantitative estimate of drug-likeness (QED) is 0.0844. The van der Waals surface area contributed by atoms with Gasteiger partial charge in [0.25, 0.3) is 0 Å². The van der Waals surface area contributed by atoms with Gasteiger partial charge in [-0.3, -0.25) is 14.4 Å². The third-order valence-corrected chi connectivity index (χ3v) is 9.11. The fraction of sp³-hybridized carbons (Fsp3) is 0.132. The average Bonchev–Trinajstić information content (AvgIpc) is 3.50. The van der Waals surface area contributed by atoms with Crippen LogP contribution >= 0.6 is 0 Å². The topological polar surface area (TPSA) is 116 Å². The highest BCUT2D eigenvalue weighted by molar-refractivity contribution is 7.87. The van der Waals surface area contributed by atoms with Crippen LogP contribution in [0.2, 0.25) is 0 Å². The van der Waals surface area contributed by atoms with Crippen molar-refractivity contribution in [1.29, 1.82) is 0 Å². The van der Waals surface area contributed by atoms with Crippen LogP contribution in [0, 0.1) is 12.8 Å². The fourth-order valence-corrected chi connectivity index (χ4v) is 6.19. The first-order valence-corrected chi connectivity index (χ1v) is 16.6. The summed E-state index contributed by atoms with van der Waals surface area (Å²) in [5.41, 5.74) is 3.71. The number of aryl methyl sites for hydroxylation is 1. The summed E-state index contributed by atoms with van der Waals surface area (Å²) >= 11 is 0. The molecule has 0 aliphatic carbocycles. The molecule has 1 atom stereocenters. The van der Waals surface area contributed by atoms with Crippen LogP contribution in [0.15, 0.2) is 132 Å². The van der Waals surface area contributed by atoms with E-state index in [0.29, 0.717) is 17.2 Å². The number of carbonyl (C=O) groups is 3. The predicted octanol–water partition coefficient (Wildman–Crippen LogP) is 7.00. The molecule has 0 saturated carbocycles. The van der Waals surface area contributed by atoms with Crippen LogP contribution in [0.1, 0.15) is 22.3 Å². The minimum atomic E-state index is -4.04. The molecule has 0 spiro atoms. The summed E-state index contributed by atoms with van der Waals surface area (Å²) in [7, 11) is -4.04. The van der Waals surface area contributed by atoms with E-state index in [1.165, 1.54) is 41.3 Å². The molecule has 0 unspecified atom stereocenters. The van der Waals surface area contributed by atoms with Gasteiger partial charge in [0.15, 0.2) is 12.4 Å². The molecule has 242 valence electrons. The Hall–Kier alpha value is -5.74. The largest absolute Gasteiger partial charge is 0.457 e. The monoisotopic (exact) mass is 661 g/mol. The maximum Gasteiger partial charge on any atom is 0.339 e. The molecule has 0 radical (unpaired) electrons. The molecule has 0 N–H and O–H groups in total. The Morgan fingerprint density at radius 2 is 1.42 bits per heavy atom. The zero-order valence-electron chi connectivity index (χ0n) is 25.9. The van der Waals surface area contributed by atoms with E-state index in [-0.39, 0.29) is 35.1 Å². The molecule has 1 fully saturated rings. The zero-order chi connectivity index (χ0) is 33.7. The summed E-state index contributed by atoms with van der Waals surface area (Å²) in [5, 5.41) is 0.